The first kappa shape index (κ1) is 26.5. The second kappa shape index (κ2) is 13.6. The molecule has 1 amide bonds. The number of amides is 1. The van der Waals surface area contributed by atoms with E-state index in [-0.39, 0.29) is 31.2 Å². The highest BCUT2D eigenvalue weighted by Crippen LogP contribution is 2.21. The van der Waals surface area contributed by atoms with Gasteiger partial charge in [0.25, 0.3) is 5.91 Å². The minimum atomic E-state index is -0.765. The molecule has 0 aliphatic carbocycles. The average Bonchev–Trinajstić information content (AvgIpc) is 3.48. The third kappa shape index (κ3) is 7.94. The van der Waals surface area contributed by atoms with Crippen molar-refractivity contribution in [1.82, 2.24) is 25.6 Å². The van der Waals surface area contributed by atoms with E-state index in [0.29, 0.717) is 26.2 Å². The van der Waals surface area contributed by atoms with Crippen LogP contribution in [0, 0.1) is 5.92 Å². The van der Waals surface area contributed by atoms with Crippen molar-refractivity contribution in [1.29, 1.82) is 0 Å². The summed E-state index contributed by atoms with van der Waals surface area (Å²) in [7, 11) is 0. The molecule has 1 aliphatic rings. The van der Waals surface area contributed by atoms with Crippen LogP contribution in [0.5, 0.6) is 0 Å². The van der Waals surface area contributed by atoms with Gasteiger partial charge >= 0.3 is 5.97 Å². The smallest absolute Gasteiger partial charge is 0.311 e. The molecule has 3 N–H and O–H groups in total. The van der Waals surface area contributed by atoms with Gasteiger partial charge in [0.2, 0.25) is 0 Å². The number of benzene rings is 2. The number of aliphatic hydroxyl groups excluding tert-OH is 1. The van der Waals surface area contributed by atoms with Crippen LogP contribution in [0.3, 0.4) is 0 Å². The van der Waals surface area contributed by atoms with Gasteiger partial charge in [-0.05, 0) is 29.5 Å². The lowest BCUT2D eigenvalue weighted by Crippen LogP contribution is -2.41. The number of ether oxygens (including phenoxy) is 2. The predicted octanol–water partition coefficient (Wildman–Crippen LogP) is 1.69. The number of morpholine rings is 1. The Hall–Kier alpha value is -3.60. The van der Waals surface area contributed by atoms with Gasteiger partial charge in [0, 0.05) is 25.7 Å². The molecule has 1 saturated heterocycles. The molecule has 10 heteroatoms. The largest absolute Gasteiger partial charge is 0.464 e. The van der Waals surface area contributed by atoms with Crippen LogP contribution in [0.15, 0.2) is 60.8 Å². The van der Waals surface area contributed by atoms with E-state index < -0.39 is 17.9 Å². The third-order valence-electron chi connectivity index (χ3n) is 6.42. The fourth-order valence-electron chi connectivity index (χ4n) is 4.32. The molecule has 0 radical (unpaired) electrons. The minimum absolute atomic E-state index is 0.220. The number of carbonyl (C=O) groups is 2. The summed E-state index contributed by atoms with van der Waals surface area (Å²) >= 11 is 0. The maximum atomic E-state index is 12.8. The standard InChI is InChI=1S/C27H33N5O5/c33-19-23(27(35)37-15-12-32-10-13-36-14-11-32)17-24(29-26(34)25-18-28-31-30-25)16-20-6-8-22(9-7-20)21-4-2-1-3-5-21/h1-9,18,23-24,33H,10-17,19H2,(H,29,34)(H,28,30,31)/t23-,24+/m0/s1. The molecule has 0 bridgehead atoms. The van der Waals surface area contributed by atoms with Crippen molar-refractivity contribution in [2.45, 2.75) is 18.9 Å². The summed E-state index contributed by atoms with van der Waals surface area (Å²) in [5.41, 5.74) is 3.42. The van der Waals surface area contributed by atoms with E-state index in [1.807, 2.05) is 54.6 Å². The van der Waals surface area contributed by atoms with Gasteiger partial charge in [0.15, 0.2) is 0 Å². The maximum absolute atomic E-state index is 12.8. The van der Waals surface area contributed by atoms with Crippen molar-refractivity contribution in [2.75, 3.05) is 46.1 Å². The van der Waals surface area contributed by atoms with Gasteiger partial charge in [-0.25, -0.2) is 0 Å². The van der Waals surface area contributed by atoms with Crippen molar-refractivity contribution in [3.05, 3.63) is 72.1 Å². The molecule has 10 nitrogen and oxygen atoms in total. The Morgan fingerprint density at radius 3 is 2.49 bits per heavy atom. The molecule has 2 atom stereocenters. The first-order valence-electron chi connectivity index (χ1n) is 12.5. The highest BCUT2D eigenvalue weighted by Gasteiger charge is 2.26. The zero-order valence-corrected chi connectivity index (χ0v) is 20.7. The summed E-state index contributed by atoms with van der Waals surface area (Å²) in [6, 6.07) is 17.7. The number of aliphatic hydroxyl groups is 1. The number of esters is 1. The molecule has 1 aliphatic heterocycles. The number of hydrogen-bond donors (Lipinski definition) is 3. The van der Waals surface area contributed by atoms with Crippen LogP contribution in [0.4, 0.5) is 0 Å². The molecule has 0 saturated carbocycles. The van der Waals surface area contributed by atoms with E-state index in [1.165, 1.54) is 6.20 Å². The second-order valence-corrected chi connectivity index (χ2v) is 9.04. The monoisotopic (exact) mass is 507 g/mol. The van der Waals surface area contributed by atoms with Crippen LogP contribution in [-0.2, 0) is 20.7 Å². The number of aromatic nitrogens is 3. The van der Waals surface area contributed by atoms with Crippen molar-refractivity contribution >= 4 is 11.9 Å². The molecular formula is C27H33N5O5. The first-order chi connectivity index (χ1) is 18.1. The highest BCUT2D eigenvalue weighted by atomic mass is 16.5. The average molecular weight is 508 g/mol. The Morgan fingerprint density at radius 2 is 1.81 bits per heavy atom. The van der Waals surface area contributed by atoms with E-state index in [4.69, 9.17) is 9.47 Å². The number of aromatic amines is 1. The number of hydrogen-bond acceptors (Lipinski definition) is 8. The Morgan fingerprint density at radius 1 is 1.08 bits per heavy atom. The van der Waals surface area contributed by atoms with Crippen LogP contribution in [0.2, 0.25) is 0 Å². The molecule has 0 unspecified atom stereocenters. The van der Waals surface area contributed by atoms with Crippen LogP contribution in [0.25, 0.3) is 11.1 Å². The number of rotatable bonds is 12. The normalized spacial score (nSPS) is 15.6. The number of carbonyl (C=O) groups excluding carboxylic acids is 2. The fourth-order valence-corrected chi connectivity index (χ4v) is 4.32. The number of H-pyrrole nitrogens is 1. The Kier molecular flexibility index (Phi) is 9.75. The zero-order chi connectivity index (χ0) is 25.9. The Labute approximate surface area is 216 Å². The van der Waals surface area contributed by atoms with Crippen LogP contribution >= 0.6 is 0 Å². The molecule has 1 aromatic heterocycles. The van der Waals surface area contributed by atoms with Crippen LogP contribution < -0.4 is 5.32 Å². The molecule has 4 rings (SSSR count). The Bertz CT molecular complexity index is 1100. The number of nitrogens with zero attached hydrogens (tertiary/aromatic N) is 3. The minimum Gasteiger partial charge on any atom is -0.464 e. The molecule has 0 spiro atoms. The quantitative estimate of drug-likeness (QED) is 0.316. The molecule has 2 aromatic carbocycles. The van der Waals surface area contributed by atoms with Crippen LogP contribution in [-0.4, -0.2) is 89.4 Å². The summed E-state index contributed by atoms with van der Waals surface area (Å²) in [6.07, 6.45) is 2.03. The predicted molar refractivity (Wildman–Crippen MR) is 137 cm³/mol. The summed E-state index contributed by atoms with van der Waals surface area (Å²) in [5.74, 6) is -1.62. The number of nitrogens with one attached hydrogen (secondary N) is 2. The second-order valence-electron chi connectivity index (χ2n) is 9.04. The summed E-state index contributed by atoms with van der Waals surface area (Å²) in [5, 5.41) is 22.7. The molecular weight excluding hydrogens is 474 g/mol. The van der Waals surface area contributed by atoms with E-state index in [2.05, 4.69) is 25.6 Å². The SMILES string of the molecule is O=C(N[C@H](Cc1ccc(-c2ccccc2)cc1)C[C@@H](CO)C(=O)OCCN1CCOCC1)c1cnn[nH]1. The summed E-state index contributed by atoms with van der Waals surface area (Å²) in [4.78, 5) is 27.6. The van der Waals surface area contributed by atoms with E-state index in [9.17, 15) is 14.7 Å². The van der Waals surface area contributed by atoms with Gasteiger partial charge in [0.1, 0.15) is 12.3 Å². The molecule has 2 heterocycles. The third-order valence-corrected chi connectivity index (χ3v) is 6.42. The van der Waals surface area contributed by atoms with Crippen molar-refractivity contribution in [2.24, 2.45) is 5.92 Å². The lowest BCUT2D eigenvalue weighted by Gasteiger charge is -2.27. The van der Waals surface area contributed by atoms with E-state index >= 15 is 0 Å². The van der Waals surface area contributed by atoms with E-state index in [0.717, 1.165) is 29.8 Å². The van der Waals surface area contributed by atoms with Gasteiger partial charge in [-0.3, -0.25) is 19.6 Å². The molecule has 196 valence electrons. The van der Waals surface area contributed by atoms with Crippen molar-refractivity contribution < 1.29 is 24.2 Å². The fraction of sp³-hybridized carbons (Fsp3) is 0.407. The van der Waals surface area contributed by atoms with Gasteiger partial charge in [-0.15, -0.1) is 5.10 Å². The lowest BCUT2D eigenvalue weighted by atomic mass is 9.94. The zero-order valence-electron chi connectivity index (χ0n) is 20.7. The van der Waals surface area contributed by atoms with Gasteiger partial charge in [0.05, 0.1) is 31.9 Å². The van der Waals surface area contributed by atoms with Crippen LogP contribution in [0.1, 0.15) is 22.5 Å². The first-order valence-corrected chi connectivity index (χ1v) is 12.5. The highest BCUT2D eigenvalue weighted by molar-refractivity contribution is 5.92. The summed E-state index contributed by atoms with van der Waals surface area (Å²) < 4.78 is 10.8. The topological polar surface area (TPSA) is 130 Å². The molecule has 37 heavy (non-hydrogen) atoms. The summed E-state index contributed by atoms with van der Waals surface area (Å²) in [6.45, 7) is 3.45. The van der Waals surface area contributed by atoms with Crippen molar-refractivity contribution in [3.8, 4) is 11.1 Å². The van der Waals surface area contributed by atoms with Crippen molar-refractivity contribution in [3.63, 3.8) is 0 Å². The van der Waals surface area contributed by atoms with Gasteiger partial charge in [-0.2, -0.15) is 0 Å². The van der Waals surface area contributed by atoms with Gasteiger partial charge < -0.3 is 19.9 Å². The molecule has 3 aromatic rings. The molecule has 1 fully saturated rings. The Balaban J connectivity index is 1.39. The maximum Gasteiger partial charge on any atom is 0.311 e. The van der Waals surface area contributed by atoms with E-state index in [1.54, 1.807) is 0 Å². The van der Waals surface area contributed by atoms with Gasteiger partial charge in [-0.1, -0.05) is 59.8 Å². The lowest BCUT2D eigenvalue weighted by molar-refractivity contribution is -0.151.